The number of fused-ring (bicyclic) bond motifs is 5. The Morgan fingerprint density at radius 3 is 2.40 bits per heavy atom. The summed E-state index contributed by atoms with van der Waals surface area (Å²) in [5, 5.41) is 4.45. The lowest BCUT2D eigenvalue weighted by molar-refractivity contribution is -0.112. The normalized spacial score (nSPS) is 17.4. The number of thiazole rings is 1. The highest BCUT2D eigenvalue weighted by Crippen LogP contribution is 2.49. The van der Waals surface area contributed by atoms with Gasteiger partial charge in [0.15, 0.2) is 0 Å². The number of anilines is 1. The van der Waals surface area contributed by atoms with Crippen molar-refractivity contribution in [3.8, 4) is 0 Å². The van der Waals surface area contributed by atoms with E-state index in [1.807, 2.05) is 49.4 Å². The molecule has 6 rings (SSSR count). The van der Waals surface area contributed by atoms with Crippen molar-refractivity contribution in [2.75, 3.05) is 5.32 Å². The minimum absolute atomic E-state index is 0.354. The maximum Gasteiger partial charge on any atom is 0.233 e. The van der Waals surface area contributed by atoms with Gasteiger partial charge in [-0.25, -0.2) is 4.98 Å². The van der Waals surface area contributed by atoms with Crippen molar-refractivity contribution >= 4 is 44.5 Å². The standard InChI is InChI=1S/C25H16N2O2S/c1-13-26-23-18(30-13)12-11-17-20(23)19(14-7-3-2-4-8-14)21-22(27-17)15-9-5-6-10-16(15)24(28)25(21)29/h2-12,19,27H,1H3. The first-order chi connectivity index (χ1) is 14.6. The van der Waals surface area contributed by atoms with E-state index in [0.717, 1.165) is 43.3 Å². The SMILES string of the molecule is Cc1nc2c3c(ccc2s1)NC1=C(C(=O)C(=O)c2ccccc21)C3c1ccccc1. The number of Topliss-reactive ketones (excluding diaryl/α,β-unsaturated/α-hetero) is 2. The molecular weight excluding hydrogens is 392 g/mol. The average molecular weight is 408 g/mol. The molecule has 1 aromatic heterocycles. The maximum atomic E-state index is 13.4. The number of aromatic nitrogens is 1. The summed E-state index contributed by atoms with van der Waals surface area (Å²) in [6.07, 6.45) is 0. The number of nitrogens with zero attached hydrogens (tertiary/aromatic N) is 1. The molecule has 30 heavy (non-hydrogen) atoms. The predicted molar refractivity (Wildman–Crippen MR) is 119 cm³/mol. The van der Waals surface area contributed by atoms with Crippen LogP contribution in [0.1, 0.15) is 38.0 Å². The van der Waals surface area contributed by atoms with E-state index in [4.69, 9.17) is 4.98 Å². The van der Waals surface area contributed by atoms with Gasteiger partial charge in [-0.05, 0) is 24.6 Å². The minimum atomic E-state index is -0.447. The van der Waals surface area contributed by atoms with Crippen LogP contribution in [0.4, 0.5) is 5.69 Å². The van der Waals surface area contributed by atoms with Crippen LogP contribution in [0.25, 0.3) is 15.9 Å². The quantitative estimate of drug-likeness (QED) is 0.432. The Hall–Kier alpha value is -3.57. The van der Waals surface area contributed by atoms with Gasteiger partial charge >= 0.3 is 0 Å². The lowest BCUT2D eigenvalue weighted by Crippen LogP contribution is -2.32. The Morgan fingerprint density at radius 2 is 1.60 bits per heavy atom. The fraction of sp³-hybridized carbons (Fsp3) is 0.0800. The number of rotatable bonds is 1. The first-order valence-corrected chi connectivity index (χ1v) is 10.6. The molecule has 0 fully saturated rings. The zero-order chi connectivity index (χ0) is 20.4. The van der Waals surface area contributed by atoms with Gasteiger partial charge in [0.2, 0.25) is 11.6 Å². The van der Waals surface area contributed by atoms with Gasteiger partial charge < -0.3 is 5.32 Å². The molecule has 1 aliphatic heterocycles. The molecule has 2 heterocycles. The summed E-state index contributed by atoms with van der Waals surface area (Å²) in [5.74, 6) is -1.25. The van der Waals surface area contributed by atoms with Crippen LogP contribution in [0.15, 0.2) is 72.3 Å². The van der Waals surface area contributed by atoms with E-state index in [9.17, 15) is 9.59 Å². The van der Waals surface area contributed by atoms with Crippen LogP contribution in [0.3, 0.4) is 0 Å². The summed E-state index contributed by atoms with van der Waals surface area (Å²) >= 11 is 1.63. The molecule has 1 unspecified atom stereocenters. The van der Waals surface area contributed by atoms with Crippen molar-refractivity contribution in [1.29, 1.82) is 0 Å². The Bertz CT molecular complexity index is 1420. The zero-order valence-corrected chi connectivity index (χ0v) is 16.9. The summed E-state index contributed by atoms with van der Waals surface area (Å²) in [4.78, 5) is 31.2. The molecule has 4 nitrogen and oxygen atoms in total. The Balaban J connectivity index is 1.73. The second-order valence-corrected chi connectivity index (χ2v) is 8.80. The molecule has 0 saturated carbocycles. The summed E-state index contributed by atoms with van der Waals surface area (Å²) in [7, 11) is 0. The molecule has 0 radical (unpaired) electrons. The molecule has 0 spiro atoms. The second-order valence-electron chi connectivity index (χ2n) is 7.57. The molecular formula is C25H16N2O2S. The van der Waals surface area contributed by atoms with E-state index in [0.29, 0.717) is 11.1 Å². The van der Waals surface area contributed by atoms with E-state index in [-0.39, 0.29) is 5.92 Å². The predicted octanol–water partition coefficient (Wildman–Crippen LogP) is 5.34. The topological polar surface area (TPSA) is 59.1 Å². The number of benzene rings is 3. The van der Waals surface area contributed by atoms with Crippen molar-refractivity contribution in [2.24, 2.45) is 0 Å². The number of allylic oxidation sites excluding steroid dienone is 1. The van der Waals surface area contributed by atoms with E-state index in [2.05, 4.69) is 17.4 Å². The third-order valence-electron chi connectivity index (χ3n) is 5.84. The number of hydrogen-bond donors (Lipinski definition) is 1. The van der Waals surface area contributed by atoms with Crippen LogP contribution in [-0.2, 0) is 4.79 Å². The van der Waals surface area contributed by atoms with Gasteiger partial charge in [-0.1, -0.05) is 54.6 Å². The molecule has 1 atom stereocenters. The van der Waals surface area contributed by atoms with E-state index in [1.54, 1.807) is 23.5 Å². The summed E-state index contributed by atoms with van der Waals surface area (Å²) in [6.45, 7) is 1.99. The van der Waals surface area contributed by atoms with Gasteiger partial charge in [-0.3, -0.25) is 9.59 Å². The minimum Gasteiger partial charge on any atom is -0.354 e. The van der Waals surface area contributed by atoms with Crippen LogP contribution < -0.4 is 5.32 Å². The molecule has 0 amide bonds. The lowest BCUT2D eigenvalue weighted by atomic mass is 9.73. The van der Waals surface area contributed by atoms with Crippen LogP contribution in [0.5, 0.6) is 0 Å². The molecule has 0 bridgehead atoms. The molecule has 5 heteroatoms. The monoisotopic (exact) mass is 408 g/mol. The summed E-state index contributed by atoms with van der Waals surface area (Å²) in [6, 6.07) is 21.4. The Morgan fingerprint density at radius 1 is 0.867 bits per heavy atom. The Labute approximate surface area is 176 Å². The van der Waals surface area contributed by atoms with Crippen LogP contribution in [-0.4, -0.2) is 16.6 Å². The van der Waals surface area contributed by atoms with Crippen molar-refractivity contribution in [3.05, 3.63) is 99.6 Å². The number of hydrogen-bond acceptors (Lipinski definition) is 5. The summed E-state index contributed by atoms with van der Waals surface area (Å²) in [5.41, 5.74) is 6.22. The lowest BCUT2D eigenvalue weighted by Gasteiger charge is -2.34. The Kier molecular flexibility index (Phi) is 3.58. The third-order valence-corrected chi connectivity index (χ3v) is 6.77. The van der Waals surface area contributed by atoms with E-state index < -0.39 is 11.6 Å². The fourth-order valence-electron chi connectivity index (χ4n) is 4.60. The zero-order valence-electron chi connectivity index (χ0n) is 16.1. The number of nitrogens with one attached hydrogen (secondary N) is 1. The number of ketones is 2. The number of carbonyl (C=O) groups is 2. The molecule has 3 aromatic carbocycles. The molecule has 4 aromatic rings. The summed E-state index contributed by atoms with van der Waals surface area (Å²) < 4.78 is 1.08. The van der Waals surface area contributed by atoms with Gasteiger partial charge in [0.25, 0.3) is 0 Å². The third kappa shape index (κ3) is 2.30. The maximum absolute atomic E-state index is 13.4. The van der Waals surface area contributed by atoms with E-state index in [1.165, 1.54) is 0 Å². The van der Waals surface area contributed by atoms with Crippen molar-refractivity contribution in [1.82, 2.24) is 4.98 Å². The molecule has 0 saturated heterocycles. The largest absolute Gasteiger partial charge is 0.354 e. The fourth-order valence-corrected chi connectivity index (χ4v) is 5.44. The highest BCUT2D eigenvalue weighted by Gasteiger charge is 2.42. The van der Waals surface area contributed by atoms with Crippen LogP contribution >= 0.6 is 11.3 Å². The van der Waals surface area contributed by atoms with Gasteiger partial charge in [0.05, 0.1) is 20.9 Å². The highest BCUT2D eigenvalue weighted by atomic mass is 32.1. The molecule has 1 N–H and O–H groups in total. The van der Waals surface area contributed by atoms with Crippen molar-refractivity contribution in [2.45, 2.75) is 12.8 Å². The van der Waals surface area contributed by atoms with Crippen molar-refractivity contribution < 1.29 is 9.59 Å². The second kappa shape index (κ2) is 6.21. The smallest absolute Gasteiger partial charge is 0.233 e. The van der Waals surface area contributed by atoms with Crippen LogP contribution in [0, 0.1) is 6.92 Å². The molecule has 2 aliphatic rings. The highest BCUT2D eigenvalue weighted by molar-refractivity contribution is 7.18. The van der Waals surface area contributed by atoms with Gasteiger partial charge in [0, 0.05) is 33.9 Å². The number of aryl methyl sites for hydroxylation is 1. The first kappa shape index (κ1) is 17.3. The van der Waals surface area contributed by atoms with Crippen LogP contribution in [0.2, 0.25) is 0 Å². The molecule has 1 aliphatic carbocycles. The average Bonchev–Trinajstić information content (AvgIpc) is 3.17. The first-order valence-electron chi connectivity index (χ1n) is 9.78. The van der Waals surface area contributed by atoms with Crippen molar-refractivity contribution in [3.63, 3.8) is 0 Å². The van der Waals surface area contributed by atoms with Gasteiger partial charge in [0.1, 0.15) is 0 Å². The van der Waals surface area contributed by atoms with E-state index >= 15 is 0 Å². The van der Waals surface area contributed by atoms with Gasteiger partial charge in [-0.2, -0.15) is 0 Å². The van der Waals surface area contributed by atoms with Gasteiger partial charge in [-0.15, -0.1) is 11.3 Å². The number of carbonyl (C=O) groups excluding carboxylic acids is 2. The molecule has 144 valence electrons.